The van der Waals surface area contributed by atoms with E-state index in [1.54, 1.807) is 35.6 Å². The maximum atomic E-state index is 12.4. The molecule has 1 amide bonds. The summed E-state index contributed by atoms with van der Waals surface area (Å²) in [7, 11) is 0. The van der Waals surface area contributed by atoms with Gasteiger partial charge in [-0.3, -0.25) is 4.79 Å². The molecule has 122 valence electrons. The zero-order valence-corrected chi connectivity index (χ0v) is 14.2. The van der Waals surface area contributed by atoms with Gasteiger partial charge >= 0.3 is 0 Å². The predicted octanol–water partition coefficient (Wildman–Crippen LogP) is 3.77. The third-order valence-electron chi connectivity index (χ3n) is 4.01. The minimum atomic E-state index is -0.752. The van der Waals surface area contributed by atoms with Gasteiger partial charge in [0.2, 0.25) is 5.91 Å². The zero-order valence-electron chi connectivity index (χ0n) is 13.4. The standard InChI is InChI=1S/C20H15N3OS/c21-10-15-7-5-14(6-8-15)9-16(11-22)20(24)23-12-17-13-25-19-4-2-1-3-18(17)19/h1-8,13,16H,9,12H2,(H,23,24)/t16-/m0/s1. The van der Waals surface area contributed by atoms with Crippen molar-refractivity contribution in [1.29, 1.82) is 10.5 Å². The highest BCUT2D eigenvalue weighted by atomic mass is 32.1. The van der Waals surface area contributed by atoms with Crippen LogP contribution in [0.15, 0.2) is 53.9 Å². The van der Waals surface area contributed by atoms with Crippen molar-refractivity contribution in [3.8, 4) is 12.1 Å². The van der Waals surface area contributed by atoms with E-state index in [0.29, 0.717) is 18.5 Å². The lowest BCUT2D eigenvalue weighted by Crippen LogP contribution is -2.30. The van der Waals surface area contributed by atoms with E-state index >= 15 is 0 Å². The lowest BCUT2D eigenvalue weighted by Gasteiger charge is -2.10. The van der Waals surface area contributed by atoms with Crippen LogP contribution in [-0.4, -0.2) is 5.91 Å². The minimum Gasteiger partial charge on any atom is -0.351 e. The molecule has 0 aliphatic heterocycles. The first-order valence-corrected chi connectivity index (χ1v) is 8.70. The molecule has 1 aromatic heterocycles. The SMILES string of the molecule is N#Cc1ccc(C[C@@H](C#N)C(=O)NCc2csc3ccccc23)cc1. The van der Waals surface area contributed by atoms with Crippen LogP contribution < -0.4 is 5.32 Å². The number of hydrogen-bond acceptors (Lipinski definition) is 4. The first-order valence-electron chi connectivity index (χ1n) is 7.82. The Kier molecular flexibility index (Phi) is 5.09. The molecular formula is C20H15N3OS. The molecule has 2 aromatic carbocycles. The summed E-state index contributed by atoms with van der Waals surface area (Å²) in [6, 6.07) is 19.1. The number of carbonyl (C=O) groups is 1. The van der Waals surface area contributed by atoms with Crippen LogP contribution in [0.4, 0.5) is 0 Å². The second-order valence-electron chi connectivity index (χ2n) is 5.67. The van der Waals surface area contributed by atoms with Crippen molar-refractivity contribution < 1.29 is 4.79 Å². The number of thiophene rings is 1. The van der Waals surface area contributed by atoms with Crippen molar-refractivity contribution >= 4 is 27.3 Å². The molecule has 0 fully saturated rings. The average Bonchev–Trinajstić information content (AvgIpc) is 3.08. The molecule has 5 heteroatoms. The van der Waals surface area contributed by atoms with E-state index in [1.165, 1.54) is 4.70 Å². The number of nitrogens with one attached hydrogen (secondary N) is 1. The van der Waals surface area contributed by atoms with Crippen molar-refractivity contribution in [2.24, 2.45) is 5.92 Å². The summed E-state index contributed by atoms with van der Waals surface area (Å²) in [6.45, 7) is 0.411. The third-order valence-corrected chi connectivity index (χ3v) is 5.02. The van der Waals surface area contributed by atoms with Crippen molar-refractivity contribution in [1.82, 2.24) is 5.32 Å². The number of nitrogens with zero attached hydrogens (tertiary/aromatic N) is 2. The lowest BCUT2D eigenvalue weighted by molar-refractivity contribution is -0.123. The van der Waals surface area contributed by atoms with E-state index in [-0.39, 0.29) is 5.91 Å². The average molecular weight is 345 g/mol. The lowest BCUT2D eigenvalue weighted by atomic mass is 9.99. The highest BCUT2D eigenvalue weighted by Crippen LogP contribution is 2.25. The van der Waals surface area contributed by atoms with Crippen LogP contribution in [0.25, 0.3) is 10.1 Å². The summed E-state index contributed by atoms with van der Waals surface area (Å²) in [6.07, 6.45) is 0.332. The summed E-state index contributed by atoms with van der Waals surface area (Å²) >= 11 is 1.64. The number of hydrogen-bond donors (Lipinski definition) is 1. The molecule has 0 aliphatic carbocycles. The summed E-state index contributed by atoms with van der Waals surface area (Å²) in [5.74, 6) is -1.03. The van der Waals surface area contributed by atoms with Crippen LogP contribution in [-0.2, 0) is 17.8 Å². The van der Waals surface area contributed by atoms with Gasteiger partial charge in [0.05, 0.1) is 17.7 Å². The number of rotatable bonds is 5. The van der Waals surface area contributed by atoms with Crippen LogP contribution in [0.5, 0.6) is 0 Å². The molecular weight excluding hydrogens is 330 g/mol. The Morgan fingerprint density at radius 3 is 2.60 bits per heavy atom. The van der Waals surface area contributed by atoms with E-state index in [2.05, 4.69) is 17.5 Å². The summed E-state index contributed by atoms with van der Waals surface area (Å²) in [5, 5.41) is 24.2. The molecule has 0 unspecified atom stereocenters. The Morgan fingerprint density at radius 1 is 1.12 bits per heavy atom. The van der Waals surface area contributed by atoms with E-state index < -0.39 is 5.92 Å². The number of nitriles is 2. The molecule has 0 bridgehead atoms. The maximum Gasteiger partial charge on any atom is 0.237 e. The third kappa shape index (κ3) is 3.85. The molecule has 0 saturated heterocycles. The monoisotopic (exact) mass is 345 g/mol. The Labute approximate surface area is 149 Å². The number of fused-ring (bicyclic) bond motifs is 1. The van der Waals surface area contributed by atoms with Gasteiger partial charge < -0.3 is 5.32 Å². The van der Waals surface area contributed by atoms with Crippen LogP contribution >= 0.6 is 11.3 Å². The van der Waals surface area contributed by atoms with E-state index in [4.69, 9.17) is 5.26 Å². The van der Waals surface area contributed by atoms with Gasteiger partial charge in [-0.15, -0.1) is 11.3 Å². The van der Waals surface area contributed by atoms with Gasteiger partial charge in [0.25, 0.3) is 0 Å². The van der Waals surface area contributed by atoms with Gasteiger partial charge in [0.1, 0.15) is 5.92 Å². The Bertz CT molecular complexity index is 977. The zero-order chi connectivity index (χ0) is 17.6. The maximum absolute atomic E-state index is 12.4. The fourth-order valence-electron chi connectivity index (χ4n) is 2.62. The minimum absolute atomic E-state index is 0.276. The fraction of sp³-hybridized carbons (Fsp3) is 0.150. The van der Waals surface area contributed by atoms with Crippen molar-refractivity contribution in [2.45, 2.75) is 13.0 Å². The Balaban J connectivity index is 1.64. The number of carbonyl (C=O) groups excluding carboxylic acids is 1. The van der Waals surface area contributed by atoms with Gasteiger partial charge in [0.15, 0.2) is 0 Å². The van der Waals surface area contributed by atoms with Crippen LogP contribution in [0.2, 0.25) is 0 Å². The second kappa shape index (κ2) is 7.61. The molecule has 0 radical (unpaired) electrons. The van der Waals surface area contributed by atoms with Gasteiger partial charge in [-0.05, 0) is 46.5 Å². The molecule has 25 heavy (non-hydrogen) atoms. The van der Waals surface area contributed by atoms with Crippen molar-refractivity contribution in [3.05, 3.63) is 70.6 Å². The highest BCUT2D eigenvalue weighted by molar-refractivity contribution is 7.17. The first kappa shape index (κ1) is 16.7. The first-order chi connectivity index (χ1) is 12.2. The van der Waals surface area contributed by atoms with E-state index in [9.17, 15) is 10.1 Å². The normalized spacial score (nSPS) is 11.4. The van der Waals surface area contributed by atoms with Gasteiger partial charge in [-0.1, -0.05) is 30.3 Å². The molecule has 4 nitrogen and oxygen atoms in total. The highest BCUT2D eigenvalue weighted by Gasteiger charge is 2.18. The second-order valence-corrected chi connectivity index (χ2v) is 6.58. The molecule has 3 aromatic rings. The molecule has 1 heterocycles. The largest absolute Gasteiger partial charge is 0.351 e. The van der Waals surface area contributed by atoms with Crippen molar-refractivity contribution in [3.63, 3.8) is 0 Å². The van der Waals surface area contributed by atoms with Crippen LogP contribution in [0.1, 0.15) is 16.7 Å². The number of benzene rings is 2. The predicted molar refractivity (Wildman–Crippen MR) is 97.6 cm³/mol. The molecule has 1 atom stereocenters. The molecule has 0 aliphatic rings. The summed E-state index contributed by atoms with van der Waals surface area (Å²) in [5.41, 5.74) is 2.48. The summed E-state index contributed by atoms with van der Waals surface area (Å²) in [4.78, 5) is 12.4. The smallest absolute Gasteiger partial charge is 0.237 e. The fourth-order valence-corrected chi connectivity index (χ4v) is 3.59. The van der Waals surface area contributed by atoms with E-state index in [1.807, 2.05) is 29.6 Å². The topological polar surface area (TPSA) is 76.7 Å². The Hall–Kier alpha value is -3.15. The van der Waals surface area contributed by atoms with Gasteiger partial charge in [-0.25, -0.2) is 0 Å². The molecule has 0 spiro atoms. The molecule has 1 N–H and O–H groups in total. The molecule has 3 rings (SSSR count). The quantitative estimate of drug-likeness (QED) is 0.764. The van der Waals surface area contributed by atoms with Gasteiger partial charge in [-0.2, -0.15) is 10.5 Å². The van der Waals surface area contributed by atoms with Crippen LogP contribution in [0, 0.1) is 28.6 Å². The number of amides is 1. The van der Waals surface area contributed by atoms with Crippen molar-refractivity contribution in [2.75, 3.05) is 0 Å². The Morgan fingerprint density at radius 2 is 1.88 bits per heavy atom. The van der Waals surface area contributed by atoms with Crippen LogP contribution in [0.3, 0.4) is 0 Å². The van der Waals surface area contributed by atoms with Gasteiger partial charge in [0, 0.05) is 11.2 Å². The van der Waals surface area contributed by atoms with E-state index in [0.717, 1.165) is 16.5 Å². The summed E-state index contributed by atoms with van der Waals surface area (Å²) < 4.78 is 1.18. The molecule has 0 saturated carbocycles.